The van der Waals surface area contributed by atoms with Crippen LogP contribution in [0.4, 0.5) is 5.69 Å². The molecule has 2 aromatic carbocycles. The number of aryl methyl sites for hydroxylation is 1. The molecule has 2 nitrogen and oxygen atoms in total. The Kier molecular flexibility index (Phi) is 5.20. The molecule has 1 aliphatic heterocycles. The Morgan fingerprint density at radius 2 is 2.04 bits per heavy atom. The zero-order chi connectivity index (χ0) is 16.4. The van der Waals surface area contributed by atoms with Gasteiger partial charge in [0.25, 0.3) is 0 Å². The number of para-hydroxylation sites is 1. The van der Waals surface area contributed by atoms with Gasteiger partial charge in [-0.1, -0.05) is 54.7 Å². The van der Waals surface area contributed by atoms with Crippen molar-refractivity contribution < 1.29 is 0 Å². The van der Waals surface area contributed by atoms with E-state index in [0.29, 0.717) is 5.92 Å². The summed E-state index contributed by atoms with van der Waals surface area (Å²) in [5.74, 6) is 1.39. The topological polar surface area (TPSA) is 15.3 Å². The Balaban J connectivity index is 2.08. The lowest BCUT2D eigenvalue weighted by Gasteiger charge is -2.34. The molecule has 0 saturated heterocycles. The second kappa shape index (κ2) is 7.16. The summed E-state index contributed by atoms with van der Waals surface area (Å²) in [7, 11) is 2.17. The SMILES string of the molecule is CCSNc1ccccc1C1CN(C)Cc2c(Cl)cc(C)cc21. The van der Waals surface area contributed by atoms with E-state index in [2.05, 4.69) is 66.9 Å². The third-order valence-corrected chi connectivity index (χ3v) is 5.32. The Bertz CT molecular complexity index is 702. The van der Waals surface area contributed by atoms with E-state index in [1.807, 2.05) is 0 Å². The number of benzene rings is 2. The number of rotatable bonds is 4. The molecule has 1 heterocycles. The van der Waals surface area contributed by atoms with Gasteiger partial charge in [-0.15, -0.1) is 0 Å². The number of hydrogen-bond donors (Lipinski definition) is 1. The first-order chi connectivity index (χ1) is 11.1. The predicted molar refractivity (Wildman–Crippen MR) is 103 cm³/mol. The molecule has 23 heavy (non-hydrogen) atoms. The Hall–Kier alpha value is -1.16. The highest BCUT2D eigenvalue weighted by atomic mass is 35.5. The largest absolute Gasteiger partial charge is 0.329 e. The van der Waals surface area contributed by atoms with Crippen LogP contribution in [0.3, 0.4) is 0 Å². The van der Waals surface area contributed by atoms with Gasteiger partial charge in [0.05, 0.1) is 0 Å². The Labute approximate surface area is 148 Å². The van der Waals surface area contributed by atoms with Gasteiger partial charge in [-0.25, -0.2) is 0 Å². The van der Waals surface area contributed by atoms with E-state index >= 15 is 0 Å². The van der Waals surface area contributed by atoms with E-state index in [0.717, 1.165) is 23.9 Å². The van der Waals surface area contributed by atoms with Crippen LogP contribution in [0, 0.1) is 6.92 Å². The number of likely N-dealkylation sites (N-methyl/N-ethyl adjacent to an activating group) is 1. The summed E-state index contributed by atoms with van der Waals surface area (Å²) in [6, 6.07) is 13.0. The summed E-state index contributed by atoms with van der Waals surface area (Å²) in [5.41, 5.74) is 6.45. The van der Waals surface area contributed by atoms with Gasteiger partial charge in [0.2, 0.25) is 0 Å². The second-order valence-electron chi connectivity index (χ2n) is 6.19. The van der Waals surface area contributed by atoms with Crippen LogP contribution in [0.5, 0.6) is 0 Å². The molecule has 0 aliphatic carbocycles. The first kappa shape index (κ1) is 16.7. The Morgan fingerprint density at radius 3 is 2.83 bits per heavy atom. The lowest BCUT2D eigenvalue weighted by atomic mass is 9.83. The summed E-state index contributed by atoms with van der Waals surface area (Å²) >= 11 is 8.28. The smallest absolute Gasteiger partial charge is 0.0478 e. The zero-order valence-electron chi connectivity index (χ0n) is 13.9. The summed E-state index contributed by atoms with van der Waals surface area (Å²) < 4.78 is 3.50. The van der Waals surface area contributed by atoms with Crippen molar-refractivity contribution in [2.45, 2.75) is 26.3 Å². The lowest BCUT2D eigenvalue weighted by molar-refractivity contribution is 0.295. The molecule has 1 aliphatic rings. The molecule has 0 fully saturated rings. The van der Waals surface area contributed by atoms with E-state index in [9.17, 15) is 0 Å². The molecule has 0 saturated carbocycles. The van der Waals surface area contributed by atoms with Crippen LogP contribution in [-0.2, 0) is 6.54 Å². The molecule has 0 bridgehead atoms. The van der Waals surface area contributed by atoms with Crippen molar-refractivity contribution in [1.82, 2.24) is 4.90 Å². The predicted octanol–water partition coefficient (Wildman–Crippen LogP) is 5.31. The van der Waals surface area contributed by atoms with Crippen LogP contribution in [0.1, 0.15) is 35.1 Å². The maximum absolute atomic E-state index is 6.54. The number of hydrogen-bond acceptors (Lipinski definition) is 3. The normalized spacial score (nSPS) is 17.8. The van der Waals surface area contributed by atoms with Gasteiger partial charge in [0.15, 0.2) is 0 Å². The average molecular weight is 347 g/mol. The molecule has 0 spiro atoms. The molecule has 0 radical (unpaired) electrons. The minimum absolute atomic E-state index is 0.349. The summed E-state index contributed by atoms with van der Waals surface area (Å²) in [5, 5.41) is 0.893. The molecule has 3 rings (SSSR count). The number of fused-ring (bicyclic) bond motifs is 1. The molecule has 0 amide bonds. The number of halogens is 1. The summed E-state index contributed by atoms with van der Waals surface area (Å²) in [6.45, 7) is 6.22. The minimum atomic E-state index is 0.349. The monoisotopic (exact) mass is 346 g/mol. The van der Waals surface area contributed by atoms with Crippen molar-refractivity contribution in [1.29, 1.82) is 0 Å². The van der Waals surface area contributed by atoms with Crippen molar-refractivity contribution >= 4 is 29.2 Å². The van der Waals surface area contributed by atoms with Crippen molar-refractivity contribution in [3.63, 3.8) is 0 Å². The highest BCUT2D eigenvalue weighted by molar-refractivity contribution is 8.00. The molecule has 2 aromatic rings. The van der Waals surface area contributed by atoms with Crippen LogP contribution < -0.4 is 4.72 Å². The van der Waals surface area contributed by atoms with Gasteiger partial charge < -0.3 is 9.62 Å². The molecule has 122 valence electrons. The third kappa shape index (κ3) is 3.52. The van der Waals surface area contributed by atoms with Crippen molar-refractivity contribution in [3.8, 4) is 0 Å². The van der Waals surface area contributed by atoms with Crippen LogP contribution in [0.15, 0.2) is 36.4 Å². The molecule has 4 heteroatoms. The van der Waals surface area contributed by atoms with Gasteiger partial charge in [-0.3, -0.25) is 0 Å². The summed E-state index contributed by atoms with van der Waals surface area (Å²) in [4.78, 5) is 2.36. The fourth-order valence-corrected chi connectivity index (χ4v) is 4.16. The number of anilines is 1. The van der Waals surface area contributed by atoms with Crippen LogP contribution in [-0.4, -0.2) is 24.2 Å². The van der Waals surface area contributed by atoms with E-state index in [4.69, 9.17) is 11.6 Å². The highest BCUT2D eigenvalue weighted by Crippen LogP contribution is 2.40. The molecular formula is C19H23ClN2S. The van der Waals surface area contributed by atoms with Gasteiger partial charge in [0.1, 0.15) is 0 Å². The maximum atomic E-state index is 6.54. The van der Waals surface area contributed by atoms with Gasteiger partial charge in [-0.05, 0) is 48.4 Å². The van der Waals surface area contributed by atoms with Gasteiger partial charge in [-0.2, -0.15) is 0 Å². The van der Waals surface area contributed by atoms with Gasteiger partial charge in [0, 0.05) is 35.5 Å². The fourth-order valence-electron chi connectivity index (χ4n) is 3.33. The molecule has 1 atom stereocenters. The number of nitrogens with zero attached hydrogens (tertiary/aromatic N) is 1. The van der Waals surface area contributed by atoms with E-state index in [1.54, 1.807) is 11.9 Å². The fraction of sp³-hybridized carbons (Fsp3) is 0.368. The first-order valence-electron chi connectivity index (χ1n) is 8.04. The van der Waals surface area contributed by atoms with Crippen LogP contribution in [0.25, 0.3) is 0 Å². The lowest BCUT2D eigenvalue weighted by Crippen LogP contribution is -2.31. The number of nitrogens with one attached hydrogen (secondary N) is 1. The van der Waals surface area contributed by atoms with Crippen LogP contribution in [0.2, 0.25) is 5.02 Å². The van der Waals surface area contributed by atoms with E-state index in [1.165, 1.54) is 27.9 Å². The van der Waals surface area contributed by atoms with Crippen molar-refractivity contribution in [3.05, 3.63) is 63.7 Å². The standard InChI is InChI=1S/C19H23ClN2S/c1-4-23-21-19-8-6-5-7-14(19)16-11-22(3)12-17-15(16)9-13(2)10-18(17)20/h5-10,16,21H,4,11-12H2,1-3H3. The van der Waals surface area contributed by atoms with Gasteiger partial charge >= 0.3 is 0 Å². The van der Waals surface area contributed by atoms with Crippen molar-refractivity contribution in [2.75, 3.05) is 24.1 Å². The maximum Gasteiger partial charge on any atom is 0.0478 e. The average Bonchev–Trinajstić information content (AvgIpc) is 2.53. The summed E-state index contributed by atoms with van der Waals surface area (Å²) in [6.07, 6.45) is 0. The highest BCUT2D eigenvalue weighted by Gasteiger charge is 2.28. The van der Waals surface area contributed by atoms with E-state index in [-0.39, 0.29) is 0 Å². The quantitative estimate of drug-likeness (QED) is 0.755. The third-order valence-electron chi connectivity index (χ3n) is 4.33. The van der Waals surface area contributed by atoms with E-state index < -0.39 is 0 Å². The molecule has 1 unspecified atom stereocenters. The molecule has 0 aromatic heterocycles. The minimum Gasteiger partial charge on any atom is -0.329 e. The van der Waals surface area contributed by atoms with Crippen molar-refractivity contribution in [2.24, 2.45) is 0 Å². The molecular weight excluding hydrogens is 324 g/mol. The molecule has 1 N–H and O–H groups in total. The van der Waals surface area contributed by atoms with Crippen LogP contribution >= 0.6 is 23.5 Å². The Morgan fingerprint density at radius 1 is 1.26 bits per heavy atom. The zero-order valence-corrected chi connectivity index (χ0v) is 15.5. The first-order valence-corrected chi connectivity index (χ1v) is 9.40. The second-order valence-corrected chi connectivity index (χ2v) is 7.66.